The fourth-order valence-electron chi connectivity index (χ4n) is 2.92. The third-order valence-corrected chi connectivity index (χ3v) is 6.77. The van der Waals surface area contributed by atoms with E-state index in [0.717, 1.165) is 11.1 Å². The Kier molecular flexibility index (Phi) is 8.42. The van der Waals surface area contributed by atoms with Crippen molar-refractivity contribution in [3.8, 4) is 0 Å². The number of nitrogens with zero attached hydrogens (tertiary/aromatic N) is 1. The number of alkyl carbamates (subject to hydrolysis) is 1. The Morgan fingerprint density at radius 1 is 1.13 bits per heavy atom. The molecule has 1 N–H and O–H groups in total. The van der Waals surface area contributed by atoms with Gasteiger partial charge in [-0.2, -0.15) is 4.31 Å². The minimum absolute atomic E-state index is 0.0895. The topological polar surface area (TPSA) is 75.7 Å². The summed E-state index contributed by atoms with van der Waals surface area (Å²) in [7, 11) is -3.76. The molecule has 2 aromatic rings. The average Bonchev–Trinajstić information content (AvgIpc) is 2.71. The summed E-state index contributed by atoms with van der Waals surface area (Å²) in [4.78, 5) is 12.7. The summed E-state index contributed by atoms with van der Waals surface area (Å²) in [5.74, 6) is 0. The van der Waals surface area contributed by atoms with E-state index in [2.05, 4.69) is 11.9 Å². The lowest BCUT2D eigenvalue weighted by atomic mass is 9.87. The smallest absolute Gasteiger partial charge is 0.407 e. The second-order valence-corrected chi connectivity index (χ2v) is 10.5. The molecule has 0 aliphatic carbocycles. The molecule has 7 heteroatoms. The van der Waals surface area contributed by atoms with Crippen molar-refractivity contribution in [3.05, 3.63) is 78.4 Å². The highest BCUT2D eigenvalue weighted by Crippen LogP contribution is 2.24. The maximum atomic E-state index is 13.2. The van der Waals surface area contributed by atoms with Crippen molar-refractivity contribution >= 4 is 16.1 Å². The molecule has 0 saturated heterocycles. The average molecular weight is 445 g/mol. The quantitative estimate of drug-likeness (QED) is 0.577. The Morgan fingerprint density at radius 3 is 2.29 bits per heavy atom. The summed E-state index contributed by atoms with van der Waals surface area (Å²) in [5, 5.41) is 2.85. The zero-order valence-corrected chi connectivity index (χ0v) is 19.5. The minimum Gasteiger partial charge on any atom is -0.445 e. The number of sulfonamides is 1. The van der Waals surface area contributed by atoms with Gasteiger partial charge < -0.3 is 10.1 Å². The number of carbonyl (C=O) groups is 1. The first kappa shape index (κ1) is 24.6. The van der Waals surface area contributed by atoms with Crippen molar-refractivity contribution in [2.24, 2.45) is 5.41 Å². The lowest BCUT2D eigenvalue weighted by molar-refractivity contribution is 0.122. The van der Waals surface area contributed by atoms with Crippen LogP contribution >= 0.6 is 0 Å². The molecule has 2 aromatic carbocycles. The number of aryl methyl sites for hydroxylation is 1. The molecular weight excluding hydrogens is 412 g/mol. The van der Waals surface area contributed by atoms with Crippen molar-refractivity contribution in [1.82, 2.24) is 9.62 Å². The number of amides is 1. The number of hydrogen-bond acceptors (Lipinski definition) is 4. The molecule has 1 amide bonds. The van der Waals surface area contributed by atoms with E-state index in [-0.39, 0.29) is 24.6 Å². The summed E-state index contributed by atoms with van der Waals surface area (Å²) < 4.78 is 33.1. The van der Waals surface area contributed by atoms with Gasteiger partial charge in [-0.25, -0.2) is 13.2 Å². The molecule has 0 bridgehead atoms. The van der Waals surface area contributed by atoms with E-state index < -0.39 is 27.6 Å². The summed E-state index contributed by atoms with van der Waals surface area (Å²) >= 11 is 0. The van der Waals surface area contributed by atoms with Crippen LogP contribution in [0.1, 0.15) is 31.9 Å². The maximum Gasteiger partial charge on any atom is 0.407 e. The maximum absolute atomic E-state index is 13.2. The zero-order valence-electron chi connectivity index (χ0n) is 18.7. The van der Waals surface area contributed by atoms with Crippen LogP contribution in [-0.2, 0) is 21.4 Å². The van der Waals surface area contributed by atoms with Gasteiger partial charge in [0.05, 0.1) is 10.9 Å². The fourth-order valence-corrected chi connectivity index (χ4v) is 4.35. The summed E-state index contributed by atoms with van der Waals surface area (Å²) in [6, 6.07) is 15.6. The highest BCUT2D eigenvalue weighted by molar-refractivity contribution is 7.89. The van der Waals surface area contributed by atoms with Crippen LogP contribution < -0.4 is 5.32 Å². The predicted octanol–water partition coefficient (Wildman–Crippen LogP) is 4.51. The molecular formula is C24H32N2O4S. The van der Waals surface area contributed by atoms with Gasteiger partial charge >= 0.3 is 6.09 Å². The second-order valence-electron chi connectivity index (χ2n) is 8.55. The molecule has 0 aromatic heterocycles. The molecule has 0 saturated carbocycles. The SMILES string of the molecule is C=CCN(C[C@@H](NC(=O)OCc1ccccc1)C(C)(C)C)S(=O)(=O)c1ccc(C)cc1. The number of rotatable bonds is 9. The van der Waals surface area contributed by atoms with Gasteiger partial charge in [0.2, 0.25) is 10.0 Å². The highest BCUT2D eigenvalue weighted by Gasteiger charge is 2.33. The number of benzene rings is 2. The van der Waals surface area contributed by atoms with Gasteiger partial charge in [0, 0.05) is 13.1 Å². The van der Waals surface area contributed by atoms with Crippen LogP contribution in [-0.4, -0.2) is 37.9 Å². The number of carbonyl (C=O) groups excluding carboxylic acids is 1. The van der Waals surface area contributed by atoms with Gasteiger partial charge in [0.15, 0.2) is 0 Å². The molecule has 0 fully saturated rings. The first-order valence-corrected chi connectivity index (χ1v) is 11.6. The molecule has 0 unspecified atom stereocenters. The third kappa shape index (κ3) is 7.22. The van der Waals surface area contributed by atoms with Crippen LogP contribution in [0.4, 0.5) is 4.79 Å². The van der Waals surface area contributed by atoms with Gasteiger partial charge in [-0.05, 0) is 30.0 Å². The Hall–Kier alpha value is -2.64. The van der Waals surface area contributed by atoms with Gasteiger partial charge in [0.1, 0.15) is 6.61 Å². The molecule has 0 spiro atoms. The Morgan fingerprint density at radius 2 is 1.74 bits per heavy atom. The monoisotopic (exact) mass is 444 g/mol. The molecule has 168 valence electrons. The van der Waals surface area contributed by atoms with E-state index in [0.29, 0.717) is 0 Å². The molecule has 6 nitrogen and oxygen atoms in total. The van der Waals surface area contributed by atoms with E-state index >= 15 is 0 Å². The highest BCUT2D eigenvalue weighted by atomic mass is 32.2. The van der Waals surface area contributed by atoms with Gasteiger partial charge in [-0.3, -0.25) is 0 Å². The van der Waals surface area contributed by atoms with Crippen molar-refractivity contribution in [1.29, 1.82) is 0 Å². The van der Waals surface area contributed by atoms with E-state index in [9.17, 15) is 13.2 Å². The van der Waals surface area contributed by atoms with Gasteiger partial charge in [-0.1, -0.05) is 74.9 Å². The molecule has 2 rings (SSSR count). The van der Waals surface area contributed by atoms with Crippen LogP contribution in [0.3, 0.4) is 0 Å². The first-order chi connectivity index (χ1) is 14.5. The normalized spacial score (nSPS) is 12.9. The molecule has 0 aliphatic heterocycles. The van der Waals surface area contributed by atoms with Crippen LogP contribution in [0, 0.1) is 12.3 Å². The minimum atomic E-state index is -3.76. The number of ether oxygens (including phenoxy) is 1. The van der Waals surface area contributed by atoms with Crippen molar-refractivity contribution < 1.29 is 17.9 Å². The largest absolute Gasteiger partial charge is 0.445 e. The predicted molar refractivity (Wildman–Crippen MR) is 123 cm³/mol. The molecule has 0 heterocycles. The third-order valence-electron chi connectivity index (χ3n) is 4.93. The van der Waals surface area contributed by atoms with E-state index in [1.54, 1.807) is 30.3 Å². The lowest BCUT2D eigenvalue weighted by Gasteiger charge is -2.35. The van der Waals surface area contributed by atoms with Crippen molar-refractivity contribution in [3.63, 3.8) is 0 Å². The van der Waals surface area contributed by atoms with Crippen molar-refractivity contribution in [2.45, 2.75) is 45.2 Å². The zero-order chi connectivity index (χ0) is 23.1. The second kappa shape index (κ2) is 10.6. The lowest BCUT2D eigenvalue weighted by Crippen LogP contribution is -2.52. The van der Waals surface area contributed by atoms with Gasteiger partial charge in [-0.15, -0.1) is 6.58 Å². The van der Waals surface area contributed by atoms with E-state index in [4.69, 9.17) is 4.74 Å². The Labute approximate surface area is 186 Å². The molecule has 0 radical (unpaired) electrons. The van der Waals surface area contributed by atoms with Crippen LogP contribution in [0.5, 0.6) is 0 Å². The van der Waals surface area contributed by atoms with Crippen LogP contribution in [0.25, 0.3) is 0 Å². The Balaban J connectivity index is 2.16. The van der Waals surface area contributed by atoms with Crippen LogP contribution in [0.2, 0.25) is 0 Å². The van der Waals surface area contributed by atoms with E-state index in [1.807, 2.05) is 58.0 Å². The standard InChI is InChI=1S/C24H32N2O4S/c1-6-16-26(31(28,29)21-14-12-19(2)13-15-21)17-22(24(3,4)5)25-23(27)30-18-20-10-8-7-9-11-20/h6-15,22H,1,16-18H2,2-5H3,(H,25,27)/t22-/m1/s1. The Bertz CT molecular complexity index is 965. The van der Waals surface area contributed by atoms with Gasteiger partial charge in [0.25, 0.3) is 0 Å². The number of nitrogens with one attached hydrogen (secondary N) is 1. The molecule has 0 aliphatic rings. The summed E-state index contributed by atoms with van der Waals surface area (Å²) in [5.41, 5.74) is 1.44. The van der Waals surface area contributed by atoms with E-state index in [1.165, 1.54) is 4.31 Å². The first-order valence-electron chi connectivity index (χ1n) is 10.2. The number of hydrogen-bond donors (Lipinski definition) is 1. The summed E-state index contributed by atoms with van der Waals surface area (Å²) in [6.07, 6.45) is 0.953. The van der Waals surface area contributed by atoms with Crippen LogP contribution in [0.15, 0.2) is 72.1 Å². The summed E-state index contributed by atoms with van der Waals surface area (Å²) in [6.45, 7) is 11.8. The molecule has 31 heavy (non-hydrogen) atoms. The van der Waals surface area contributed by atoms with Crippen molar-refractivity contribution in [2.75, 3.05) is 13.1 Å². The fraction of sp³-hybridized carbons (Fsp3) is 0.375. The molecule has 1 atom stereocenters.